The van der Waals surface area contributed by atoms with Gasteiger partial charge in [0.2, 0.25) is 0 Å². The van der Waals surface area contributed by atoms with Crippen molar-refractivity contribution < 1.29 is 23.9 Å². The summed E-state index contributed by atoms with van der Waals surface area (Å²) in [5.74, 6) is -0.585. The van der Waals surface area contributed by atoms with E-state index in [-0.39, 0.29) is 5.82 Å². The number of amides is 1. The largest absolute Gasteiger partial charge is 0.598 e. The number of halogens is 1. The molecule has 5 heterocycles. The van der Waals surface area contributed by atoms with Crippen LogP contribution < -0.4 is 10.0 Å². The molecule has 1 aliphatic heterocycles. The summed E-state index contributed by atoms with van der Waals surface area (Å²) in [5, 5.41) is 11.8. The van der Waals surface area contributed by atoms with E-state index in [0.717, 1.165) is 31.9 Å². The fraction of sp³-hybridized carbons (Fsp3) is 0.379. The second-order valence-corrected chi connectivity index (χ2v) is 15.1. The Balaban J connectivity index is 1.60. The van der Waals surface area contributed by atoms with Gasteiger partial charge in [-0.15, -0.1) is 16.1 Å². The van der Waals surface area contributed by atoms with E-state index >= 15 is 0 Å². The molecule has 0 bridgehead atoms. The van der Waals surface area contributed by atoms with Gasteiger partial charge < -0.3 is 19.1 Å². The summed E-state index contributed by atoms with van der Waals surface area (Å²) >= 11 is 6.53. The molecule has 3 atom stereocenters. The van der Waals surface area contributed by atoms with Crippen LogP contribution in [0.15, 0.2) is 48.8 Å². The van der Waals surface area contributed by atoms with Gasteiger partial charge in [0.25, 0.3) is 0 Å². The number of carboxylic acid groups (broad SMARTS) is 1. The van der Waals surface area contributed by atoms with E-state index in [9.17, 15) is 14.5 Å². The van der Waals surface area contributed by atoms with Crippen LogP contribution in [-0.4, -0.2) is 47.8 Å². The van der Waals surface area contributed by atoms with Crippen molar-refractivity contribution in [2.24, 2.45) is 0 Å². The van der Waals surface area contributed by atoms with Gasteiger partial charge in [-0.25, -0.2) is 9.78 Å². The van der Waals surface area contributed by atoms with E-state index in [4.69, 9.17) is 21.1 Å². The monoisotopic (exact) mass is 629 g/mol. The molecule has 42 heavy (non-hydrogen) atoms. The highest BCUT2D eigenvalue weighted by molar-refractivity contribution is 7.90. The van der Waals surface area contributed by atoms with E-state index in [1.54, 1.807) is 18.5 Å². The molecule has 0 spiro atoms. The second kappa shape index (κ2) is 11.3. The Labute approximate surface area is 256 Å². The fourth-order valence-electron chi connectivity index (χ4n) is 4.63. The Bertz CT molecular complexity index is 1640. The molecule has 10 nitrogen and oxygen atoms in total. The quantitative estimate of drug-likeness (QED) is 0.192. The van der Waals surface area contributed by atoms with E-state index in [0.29, 0.717) is 17.3 Å². The summed E-state index contributed by atoms with van der Waals surface area (Å²) < 4.78 is 28.9. The third-order valence-corrected chi connectivity index (χ3v) is 9.80. The van der Waals surface area contributed by atoms with Crippen LogP contribution in [0, 0.1) is 0 Å². The lowest BCUT2D eigenvalue weighted by Crippen LogP contribution is -2.41. The van der Waals surface area contributed by atoms with E-state index in [1.165, 1.54) is 17.4 Å². The molecule has 0 aromatic carbocycles. The van der Waals surface area contributed by atoms with Gasteiger partial charge in [0, 0.05) is 34.2 Å². The summed E-state index contributed by atoms with van der Waals surface area (Å²) in [7, 11) is 0. The molecular weight excluding hydrogens is 598 g/mol. The number of thiophene rings is 1. The number of hydrogen-bond acceptors (Lipinski definition) is 9. The van der Waals surface area contributed by atoms with Crippen LogP contribution in [0.5, 0.6) is 0 Å². The van der Waals surface area contributed by atoms with Crippen LogP contribution in [-0.2, 0) is 26.4 Å². The average Bonchev–Trinajstić information content (AvgIpc) is 3.47. The molecule has 0 radical (unpaired) electrons. The minimum Gasteiger partial charge on any atom is -0.598 e. The van der Waals surface area contributed by atoms with Gasteiger partial charge in [-0.3, -0.25) is 15.3 Å². The number of carbonyl (C=O) groups is 1. The van der Waals surface area contributed by atoms with Crippen molar-refractivity contribution in [3.05, 3.63) is 69.9 Å². The Hall–Kier alpha value is -2.84. The highest BCUT2D eigenvalue weighted by Crippen LogP contribution is 2.42. The molecule has 1 aliphatic rings. The van der Waals surface area contributed by atoms with Gasteiger partial charge in [-0.1, -0.05) is 11.6 Å². The maximum absolute atomic E-state index is 13.3. The molecule has 0 aliphatic carbocycles. The molecule has 3 unspecified atom stereocenters. The molecule has 3 N–H and O–H groups in total. The summed E-state index contributed by atoms with van der Waals surface area (Å²) in [5.41, 5.74) is 2.99. The number of ether oxygens (including phenoxy) is 2. The van der Waals surface area contributed by atoms with Crippen LogP contribution in [0.4, 0.5) is 10.6 Å². The minimum atomic E-state index is -1.51. The lowest BCUT2D eigenvalue weighted by Gasteiger charge is -2.27. The van der Waals surface area contributed by atoms with E-state index < -0.39 is 39.6 Å². The van der Waals surface area contributed by atoms with Crippen LogP contribution in [0.1, 0.15) is 63.7 Å². The molecule has 222 valence electrons. The van der Waals surface area contributed by atoms with Crippen molar-refractivity contribution in [3.8, 4) is 11.3 Å². The first-order valence-corrected chi connectivity index (χ1v) is 15.5. The zero-order chi connectivity index (χ0) is 30.4. The number of rotatable bonds is 7. The van der Waals surface area contributed by atoms with Crippen molar-refractivity contribution in [1.82, 2.24) is 19.7 Å². The van der Waals surface area contributed by atoms with Gasteiger partial charge in [0.15, 0.2) is 5.79 Å². The number of fused-ring (bicyclic) bond motifs is 1. The lowest BCUT2D eigenvalue weighted by atomic mass is 9.96. The lowest BCUT2D eigenvalue weighted by molar-refractivity contribution is -0.159. The smallest absolute Gasteiger partial charge is 0.410 e. The summed E-state index contributed by atoms with van der Waals surface area (Å²) in [6, 6.07) is 10.1. The van der Waals surface area contributed by atoms with Crippen LogP contribution in [0.3, 0.4) is 0 Å². The molecule has 13 heteroatoms. The summed E-state index contributed by atoms with van der Waals surface area (Å²) in [6.07, 6.45) is 2.23. The van der Waals surface area contributed by atoms with Gasteiger partial charge >= 0.3 is 6.09 Å². The zero-order valence-electron chi connectivity index (χ0n) is 24.0. The third-order valence-electron chi connectivity index (χ3n) is 6.69. The number of hydrogen-bond donors (Lipinski definition) is 3. The Morgan fingerprint density at radius 2 is 1.90 bits per heavy atom. The summed E-state index contributed by atoms with van der Waals surface area (Å²) in [6.45, 7) is 11.8. The first kappa shape index (κ1) is 30.6. The first-order chi connectivity index (χ1) is 19.6. The normalized spacial score (nSPS) is 20.0. The van der Waals surface area contributed by atoms with Crippen molar-refractivity contribution >= 4 is 56.4 Å². The topological polar surface area (TPSA) is 142 Å². The second-order valence-electron chi connectivity index (χ2n) is 11.6. The van der Waals surface area contributed by atoms with E-state index in [1.807, 2.05) is 65.8 Å². The van der Waals surface area contributed by atoms with Gasteiger partial charge in [-0.05, 0) is 83.5 Å². The SMILES string of the molecule is CC1(C)OCC(C)(c2ccnc(-c3ccnc4cc(C(N[S+]([O-])C(C)(C)C)c5nc(NC(=O)O)ccc5Cl)sc34)c2)O1. The molecule has 5 rings (SSSR count). The Morgan fingerprint density at radius 3 is 2.57 bits per heavy atom. The van der Waals surface area contributed by atoms with Crippen LogP contribution in [0.25, 0.3) is 21.5 Å². The van der Waals surface area contributed by atoms with Crippen LogP contribution >= 0.6 is 22.9 Å². The first-order valence-electron chi connectivity index (χ1n) is 13.2. The molecule has 1 fully saturated rings. The van der Waals surface area contributed by atoms with Crippen molar-refractivity contribution in [2.75, 3.05) is 11.9 Å². The zero-order valence-corrected chi connectivity index (χ0v) is 26.4. The van der Waals surface area contributed by atoms with E-state index in [2.05, 4.69) is 25.0 Å². The van der Waals surface area contributed by atoms with Gasteiger partial charge in [-0.2, -0.15) is 0 Å². The maximum atomic E-state index is 13.3. The Morgan fingerprint density at radius 1 is 1.17 bits per heavy atom. The maximum Gasteiger partial charge on any atom is 0.410 e. The number of nitrogens with one attached hydrogen (secondary N) is 2. The molecule has 4 aromatic heterocycles. The number of nitrogens with zero attached hydrogens (tertiary/aromatic N) is 3. The average molecular weight is 630 g/mol. The summed E-state index contributed by atoms with van der Waals surface area (Å²) in [4.78, 5) is 25.8. The van der Waals surface area contributed by atoms with Crippen LogP contribution in [0.2, 0.25) is 5.02 Å². The fourth-order valence-corrected chi connectivity index (χ4v) is 6.92. The molecular formula is C29H32ClN5O5S2. The number of pyridine rings is 3. The minimum absolute atomic E-state index is 0.103. The molecule has 1 amide bonds. The number of anilines is 1. The van der Waals surface area contributed by atoms with Gasteiger partial charge in [0.1, 0.15) is 22.2 Å². The van der Waals surface area contributed by atoms with Crippen molar-refractivity contribution in [1.29, 1.82) is 0 Å². The predicted octanol–water partition coefficient (Wildman–Crippen LogP) is 6.64. The number of aromatic nitrogens is 3. The third kappa shape index (κ3) is 6.40. The predicted molar refractivity (Wildman–Crippen MR) is 165 cm³/mol. The molecule has 0 saturated carbocycles. The van der Waals surface area contributed by atoms with Gasteiger partial charge in [0.05, 0.1) is 33.2 Å². The highest BCUT2D eigenvalue weighted by atomic mass is 35.5. The van der Waals surface area contributed by atoms with Crippen molar-refractivity contribution in [3.63, 3.8) is 0 Å². The molecule has 1 saturated heterocycles. The Kier molecular flexibility index (Phi) is 8.27. The molecule has 4 aromatic rings. The van der Waals surface area contributed by atoms with Crippen molar-refractivity contribution in [2.45, 2.75) is 63.7 Å². The standard InChI is InChI=1S/C29H32ClN5O5S2/c1-27(2,3)42(38)35-24(23-18(30)7-8-22(33-23)34-26(36)37)21-14-20-25(41-21)17(10-12-32-20)19-13-16(9-11-31-19)29(6)15-39-28(4,5)40-29/h7-14,24,35H,15H2,1-6H3,(H,33,34)(H,36,37). The highest BCUT2D eigenvalue weighted by Gasteiger charge is 2.43.